The second-order valence-corrected chi connectivity index (χ2v) is 8.78. The fourth-order valence-corrected chi connectivity index (χ4v) is 3.98. The van der Waals surface area contributed by atoms with Crippen LogP contribution in [0.3, 0.4) is 0 Å². The summed E-state index contributed by atoms with van der Waals surface area (Å²) in [5, 5.41) is 7.42. The van der Waals surface area contributed by atoms with Crippen LogP contribution in [-0.4, -0.2) is 21.8 Å². The van der Waals surface area contributed by atoms with Crippen molar-refractivity contribution in [2.75, 3.05) is 17.1 Å². The quantitative estimate of drug-likeness (QED) is 0.336. The van der Waals surface area contributed by atoms with E-state index in [0.717, 1.165) is 24.1 Å². The molecule has 1 aliphatic carbocycles. The van der Waals surface area contributed by atoms with E-state index in [1.54, 1.807) is 20.0 Å². The van der Waals surface area contributed by atoms with Gasteiger partial charge in [-0.3, -0.25) is 4.79 Å². The Bertz CT molecular complexity index is 1520. The lowest BCUT2D eigenvalue weighted by molar-refractivity contribution is 0.523. The number of nitrogens with one attached hydrogen (secondary N) is 3. The number of nitrogens with zero attached hydrogens (tertiary/aromatic N) is 3. The van der Waals surface area contributed by atoms with Crippen LogP contribution in [0.2, 0.25) is 0 Å². The molecule has 9 nitrogen and oxygen atoms in total. The third kappa shape index (κ3) is 4.27. The molecule has 2 aromatic heterocycles. The highest BCUT2D eigenvalue weighted by Crippen LogP contribution is 2.36. The molecule has 5 rings (SSSR count). The van der Waals surface area contributed by atoms with Crippen LogP contribution in [0.5, 0.6) is 0 Å². The van der Waals surface area contributed by atoms with E-state index in [2.05, 4.69) is 24.8 Å². The van der Waals surface area contributed by atoms with E-state index >= 15 is 0 Å². The Morgan fingerprint density at radius 2 is 2.00 bits per heavy atom. The van der Waals surface area contributed by atoms with Gasteiger partial charge < -0.3 is 14.5 Å². The highest BCUT2D eigenvalue weighted by molar-refractivity contribution is 7.98. The number of halogens is 1. The molecule has 0 bridgehead atoms. The summed E-state index contributed by atoms with van der Waals surface area (Å²) >= 11 is 1.29. The summed E-state index contributed by atoms with van der Waals surface area (Å²) in [4.78, 5) is 29.7. The molecule has 1 aliphatic rings. The van der Waals surface area contributed by atoms with Crippen molar-refractivity contribution in [1.82, 2.24) is 19.5 Å². The second kappa shape index (κ2) is 8.92. The van der Waals surface area contributed by atoms with Gasteiger partial charge in [0, 0.05) is 23.4 Å². The molecule has 0 atom stereocenters. The van der Waals surface area contributed by atoms with Crippen LogP contribution in [-0.2, 0) is 0 Å². The molecule has 11 heteroatoms. The summed E-state index contributed by atoms with van der Waals surface area (Å²) in [6, 6.07) is 11.9. The van der Waals surface area contributed by atoms with Gasteiger partial charge in [-0.1, -0.05) is 18.2 Å². The van der Waals surface area contributed by atoms with Crippen molar-refractivity contribution in [2.45, 2.75) is 25.8 Å². The molecule has 2 heterocycles. The van der Waals surface area contributed by atoms with Gasteiger partial charge in [0.15, 0.2) is 11.4 Å². The summed E-state index contributed by atoms with van der Waals surface area (Å²) in [5.74, 6) is -1.52. The number of benzene rings is 2. The molecule has 174 valence electrons. The summed E-state index contributed by atoms with van der Waals surface area (Å²) in [6.07, 6.45) is 1.63. The molecular weight excluding hydrogens is 459 g/mol. The summed E-state index contributed by atoms with van der Waals surface area (Å²) in [6.45, 7) is 1.77. The van der Waals surface area contributed by atoms with Crippen LogP contribution in [0.1, 0.15) is 24.4 Å². The normalized spacial score (nSPS) is 13.3. The molecule has 3 N–H and O–H groups in total. The molecule has 1 fully saturated rings. The van der Waals surface area contributed by atoms with Gasteiger partial charge >= 0.3 is 5.76 Å². The van der Waals surface area contributed by atoms with Crippen LogP contribution in [0.4, 0.5) is 21.6 Å². The molecule has 1 saturated carbocycles. The summed E-state index contributed by atoms with van der Waals surface area (Å²) in [7, 11) is 1.79. The Morgan fingerprint density at radius 3 is 2.74 bits per heavy atom. The lowest BCUT2D eigenvalue weighted by atomic mass is 10.1. The number of anilines is 3. The average Bonchev–Trinajstić information content (AvgIpc) is 3.65. The molecule has 2 aromatic carbocycles. The molecule has 0 saturated heterocycles. The molecule has 0 unspecified atom stereocenters. The van der Waals surface area contributed by atoms with Crippen molar-refractivity contribution in [3.63, 3.8) is 0 Å². The third-order valence-electron chi connectivity index (χ3n) is 5.38. The molecule has 0 spiro atoms. The molecule has 0 radical (unpaired) electrons. The molecule has 0 aliphatic heterocycles. The molecular formula is C23H21FN6O3S. The molecule has 4 aromatic rings. The minimum Gasteiger partial charge on any atom is -0.405 e. The van der Waals surface area contributed by atoms with Gasteiger partial charge in [0.1, 0.15) is 16.9 Å². The first kappa shape index (κ1) is 22.1. The van der Waals surface area contributed by atoms with Crippen LogP contribution >= 0.6 is 12.1 Å². The number of rotatable bonds is 7. The van der Waals surface area contributed by atoms with Crippen LogP contribution in [0.15, 0.2) is 56.5 Å². The van der Waals surface area contributed by atoms with E-state index in [0.29, 0.717) is 11.3 Å². The first-order chi connectivity index (χ1) is 16.4. The minimum atomic E-state index is -0.922. The maximum Gasteiger partial charge on any atom is 0.441 e. The number of aryl methyl sites for hydroxylation is 1. The van der Waals surface area contributed by atoms with Gasteiger partial charge in [-0.2, -0.15) is 10.1 Å². The van der Waals surface area contributed by atoms with Gasteiger partial charge in [0.05, 0.1) is 11.7 Å². The zero-order chi connectivity index (χ0) is 23.8. The van der Waals surface area contributed by atoms with Crippen LogP contribution in [0.25, 0.3) is 22.2 Å². The van der Waals surface area contributed by atoms with Gasteiger partial charge in [0.2, 0.25) is 0 Å². The molecule has 0 amide bonds. The van der Waals surface area contributed by atoms with Crippen molar-refractivity contribution in [1.29, 1.82) is 0 Å². The lowest BCUT2D eigenvalue weighted by Crippen LogP contribution is -2.25. The Labute approximate surface area is 197 Å². The number of aromatic nitrogens is 3. The summed E-state index contributed by atoms with van der Waals surface area (Å²) < 4.78 is 27.4. The van der Waals surface area contributed by atoms with E-state index in [1.165, 1.54) is 28.9 Å². The largest absolute Gasteiger partial charge is 0.441 e. The predicted octanol–water partition coefficient (Wildman–Crippen LogP) is 4.13. The van der Waals surface area contributed by atoms with Gasteiger partial charge in [0.25, 0.3) is 5.56 Å². The molecule has 34 heavy (non-hydrogen) atoms. The maximum atomic E-state index is 14.5. The maximum absolute atomic E-state index is 14.5. The lowest BCUT2D eigenvalue weighted by Gasteiger charge is -2.13. The number of hydrogen-bond donors (Lipinski definition) is 3. The Hall–Kier alpha value is -3.70. The highest BCUT2D eigenvalue weighted by atomic mass is 32.2. The van der Waals surface area contributed by atoms with Crippen molar-refractivity contribution in [3.05, 3.63) is 74.7 Å². The minimum absolute atomic E-state index is 0.00432. The van der Waals surface area contributed by atoms with Crippen LogP contribution in [0, 0.1) is 12.7 Å². The second-order valence-electron chi connectivity index (χ2n) is 7.96. The smallest absolute Gasteiger partial charge is 0.405 e. The number of hydrogen-bond acceptors (Lipinski definition) is 9. The Kier molecular flexibility index (Phi) is 5.80. The zero-order valence-corrected chi connectivity index (χ0v) is 19.2. The van der Waals surface area contributed by atoms with E-state index in [9.17, 15) is 14.0 Å². The Balaban J connectivity index is 1.74. The monoisotopic (exact) mass is 480 g/mol. The summed E-state index contributed by atoms with van der Waals surface area (Å²) in [5.41, 5.74) is 2.13. The SMILES string of the molecule is CNSNc1cccc(-c2nn(C3CC3)c(=O)c3c(Nc4ccc(C)cc4F)nc(=O)oc23)c1. The van der Waals surface area contributed by atoms with Crippen LogP contribution < -0.4 is 26.1 Å². The van der Waals surface area contributed by atoms with E-state index < -0.39 is 17.1 Å². The van der Waals surface area contributed by atoms with Crippen molar-refractivity contribution < 1.29 is 8.81 Å². The number of fused-ring (bicyclic) bond motifs is 1. The fourth-order valence-electron chi connectivity index (χ4n) is 3.63. The predicted molar refractivity (Wildman–Crippen MR) is 131 cm³/mol. The van der Waals surface area contributed by atoms with Gasteiger partial charge in [-0.25, -0.2) is 18.6 Å². The standard InChI is InChI=1S/C23H21FN6O3S/c1-12-6-9-17(16(24)10-12)26-21-18-20(33-23(32)27-21)19(28-30(22(18)31)15-7-8-15)13-4-3-5-14(11-13)29-34-25-2/h3-6,9-11,15,25,29H,7-8H2,1-2H3,(H,26,27,32). The first-order valence-electron chi connectivity index (χ1n) is 10.6. The first-order valence-corrected chi connectivity index (χ1v) is 11.5. The highest BCUT2D eigenvalue weighted by Gasteiger charge is 2.30. The van der Waals surface area contributed by atoms with Crippen molar-refractivity contribution >= 4 is 40.3 Å². The van der Waals surface area contributed by atoms with Gasteiger partial charge in [-0.15, -0.1) is 0 Å². The van der Waals surface area contributed by atoms with Gasteiger partial charge in [-0.05, 0) is 56.6 Å². The van der Waals surface area contributed by atoms with E-state index in [1.807, 2.05) is 24.3 Å². The zero-order valence-electron chi connectivity index (χ0n) is 18.4. The van der Waals surface area contributed by atoms with Crippen molar-refractivity contribution in [3.8, 4) is 11.3 Å². The Morgan fingerprint density at radius 1 is 1.18 bits per heavy atom. The topological polar surface area (TPSA) is 114 Å². The van der Waals surface area contributed by atoms with Crippen molar-refractivity contribution in [2.24, 2.45) is 0 Å². The third-order valence-corrected chi connectivity index (χ3v) is 5.92. The van der Waals surface area contributed by atoms with E-state index in [-0.39, 0.29) is 28.5 Å². The van der Waals surface area contributed by atoms with E-state index in [4.69, 9.17) is 4.42 Å². The fraction of sp³-hybridized carbons (Fsp3) is 0.217. The average molecular weight is 481 g/mol.